The first-order chi connectivity index (χ1) is 9.88. The van der Waals surface area contributed by atoms with E-state index in [-0.39, 0.29) is 11.7 Å². The van der Waals surface area contributed by atoms with Crippen LogP contribution in [0.25, 0.3) is 0 Å². The van der Waals surface area contributed by atoms with E-state index in [2.05, 4.69) is 5.32 Å². The topological polar surface area (TPSA) is 55.4 Å². The van der Waals surface area contributed by atoms with Gasteiger partial charge in [-0.15, -0.1) is 11.6 Å². The number of ether oxygens (including phenoxy) is 1. The number of alkyl halides is 1. The first-order valence-corrected chi connectivity index (χ1v) is 7.53. The van der Waals surface area contributed by atoms with Crippen LogP contribution in [0.3, 0.4) is 0 Å². The van der Waals surface area contributed by atoms with Crippen LogP contribution in [0.4, 0.5) is 4.79 Å². The molecule has 0 unspecified atom stereocenters. The van der Waals surface area contributed by atoms with Gasteiger partial charge in [0.15, 0.2) is 5.78 Å². The van der Waals surface area contributed by atoms with Crippen molar-refractivity contribution >= 4 is 23.5 Å². The second-order valence-corrected chi connectivity index (χ2v) is 5.76. The first kappa shape index (κ1) is 17.5. The maximum absolute atomic E-state index is 11.9. The molecular weight excluding hydrogens is 290 g/mol. The number of Topliss-reactive ketones (excluding diaryl/α,β-unsaturated/α-hetero) is 1. The maximum atomic E-state index is 11.9. The van der Waals surface area contributed by atoms with Gasteiger partial charge in [-0.25, -0.2) is 4.79 Å². The summed E-state index contributed by atoms with van der Waals surface area (Å²) in [6.07, 6.45) is 0.489. The number of nitrogens with one attached hydrogen (secondary N) is 1. The van der Waals surface area contributed by atoms with Crippen molar-refractivity contribution in [3.05, 3.63) is 35.9 Å². The van der Waals surface area contributed by atoms with Crippen molar-refractivity contribution in [2.75, 3.05) is 5.88 Å². The zero-order valence-corrected chi connectivity index (χ0v) is 13.4. The Morgan fingerprint density at radius 3 is 2.43 bits per heavy atom. The van der Waals surface area contributed by atoms with E-state index < -0.39 is 17.7 Å². The number of ketones is 1. The van der Waals surface area contributed by atoms with Crippen LogP contribution in [0.15, 0.2) is 30.3 Å². The quantitative estimate of drug-likeness (QED) is 0.786. The average Bonchev–Trinajstić information content (AvgIpc) is 2.46. The molecule has 0 saturated heterocycles. The number of halogens is 1. The number of carbonyl (C=O) groups is 2. The van der Waals surface area contributed by atoms with E-state index >= 15 is 0 Å². The third kappa shape index (κ3) is 6.17. The van der Waals surface area contributed by atoms with Crippen LogP contribution < -0.4 is 5.32 Å². The fraction of sp³-hybridized carbons (Fsp3) is 0.500. The SMILES string of the molecule is CCC(C)(C)OC(=O)N[C@@H](Cc1ccccc1)C(=O)CCl. The molecule has 0 fully saturated rings. The molecule has 4 nitrogen and oxygen atoms in total. The number of carbonyl (C=O) groups excluding carboxylic acids is 2. The van der Waals surface area contributed by atoms with E-state index in [1.807, 2.05) is 51.1 Å². The van der Waals surface area contributed by atoms with Crippen molar-refractivity contribution < 1.29 is 14.3 Å². The lowest BCUT2D eigenvalue weighted by molar-refractivity contribution is -0.118. The number of alkyl carbamates (subject to hydrolysis) is 1. The van der Waals surface area contributed by atoms with Crippen LogP contribution >= 0.6 is 11.6 Å². The van der Waals surface area contributed by atoms with Gasteiger partial charge >= 0.3 is 6.09 Å². The monoisotopic (exact) mass is 311 g/mol. The summed E-state index contributed by atoms with van der Waals surface area (Å²) in [5, 5.41) is 2.61. The molecule has 116 valence electrons. The predicted octanol–water partition coefficient (Wildman–Crippen LogP) is 3.32. The summed E-state index contributed by atoms with van der Waals surface area (Å²) >= 11 is 5.62. The van der Waals surface area contributed by atoms with E-state index in [0.717, 1.165) is 5.56 Å². The lowest BCUT2D eigenvalue weighted by Crippen LogP contribution is -2.45. The van der Waals surface area contributed by atoms with E-state index in [9.17, 15) is 9.59 Å². The van der Waals surface area contributed by atoms with Crippen LogP contribution in [0.5, 0.6) is 0 Å². The molecule has 1 atom stereocenters. The molecule has 1 N–H and O–H groups in total. The highest BCUT2D eigenvalue weighted by atomic mass is 35.5. The summed E-state index contributed by atoms with van der Waals surface area (Å²) in [5.74, 6) is -0.374. The maximum Gasteiger partial charge on any atom is 0.408 e. The lowest BCUT2D eigenvalue weighted by Gasteiger charge is -2.25. The highest BCUT2D eigenvalue weighted by Crippen LogP contribution is 2.14. The largest absolute Gasteiger partial charge is 0.444 e. The van der Waals surface area contributed by atoms with Crippen molar-refractivity contribution in [1.29, 1.82) is 0 Å². The molecule has 1 aromatic carbocycles. The van der Waals surface area contributed by atoms with Crippen LogP contribution in [0, 0.1) is 0 Å². The highest BCUT2D eigenvalue weighted by Gasteiger charge is 2.25. The third-order valence-corrected chi connectivity index (χ3v) is 3.58. The molecule has 5 heteroatoms. The Kier molecular flexibility index (Phi) is 6.69. The van der Waals surface area contributed by atoms with Crippen LogP contribution in [-0.2, 0) is 16.0 Å². The van der Waals surface area contributed by atoms with E-state index in [1.54, 1.807) is 0 Å². The normalized spacial score (nSPS) is 12.6. The smallest absolute Gasteiger partial charge is 0.408 e. The van der Waals surface area contributed by atoms with Crippen LogP contribution in [0.1, 0.15) is 32.8 Å². The summed E-state index contributed by atoms with van der Waals surface area (Å²) in [4.78, 5) is 23.8. The van der Waals surface area contributed by atoms with Gasteiger partial charge in [-0.05, 0) is 32.3 Å². The Hall–Kier alpha value is -1.55. The van der Waals surface area contributed by atoms with Gasteiger partial charge in [0.2, 0.25) is 0 Å². The second-order valence-electron chi connectivity index (χ2n) is 5.49. The van der Waals surface area contributed by atoms with E-state index in [4.69, 9.17) is 16.3 Å². The summed E-state index contributed by atoms with van der Waals surface area (Å²) in [7, 11) is 0. The average molecular weight is 312 g/mol. The van der Waals surface area contributed by atoms with Crippen LogP contribution in [-0.4, -0.2) is 29.4 Å². The number of hydrogen-bond donors (Lipinski definition) is 1. The van der Waals surface area contributed by atoms with Gasteiger partial charge in [0, 0.05) is 0 Å². The molecule has 0 aliphatic rings. The zero-order valence-electron chi connectivity index (χ0n) is 12.7. The van der Waals surface area contributed by atoms with Crippen molar-refractivity contribution in [2.45, 2.75) is 45.3 Å². The van der Waals surface area contributed by atoms with E-state index in [0.29, 0.717) is 12.8 Å². The molecule has 0 aliphatic heterocycles. The van der Waals surface area contributed by atoms with Gasteiger partial charge in [0.05, 0.1) is 11.9 Å². The molecule has 1 rings (SSSR count). The van der Waals surface area contributed by atoms with Crippen molar-refractivity contribution in [3.8, 4) is 0 Å². The number of hydrogen-bond acceptors (Lipinski definition) is 3. The van der Waals surface area contributed by atoms with Gasteiger partial charge in [-0.2, -0.15) is 0 Å². The number of benzene rings is 1. The summed E-state index contributed by atoms with van der Waals surface area (Å²) in [6, 6.07) is 8.79. The Bertz CT molecular complexity index is 474. The Balaban J connectivity index is 2.71. The number of rotatable bonds is 7. The molecule has 1 aromatic rings. The molecule has 0 saturated carbocycles. The first-order valence-electron chi connectivity index (χ1n) is 7.00. The molecule has 0 spiro atoms. The van der Waals surface area contributed by atoms with Gasteiger partial charge in [0.1, 0.15) is 5.60 Å². The number of amides is 1. The Morgan fingerprint density at radius 2 is 1.90 bits per heavy atom. The molecule has 0 radical (unpaired) electrons. The minimum atomic E-state index is -0.676. The van der Waals surface area contributed by atoms with Crippen molar-refractivity contribution in [2.24, 2.45) is 0 Å². The predicted molar refractivity (Wildman–Crippen MR) is 83.6 cm³/mol. The standard InChI is InChI=1S/C16H22ClNO3/c1-4-16(2,3)21-15(20)18-13(14(19)11-17)10-12-8-6-5-7-9-12/h5-9,13H,4,10-11H2,1-3H3,(H,18,20)/t13-/m0/s1. The molecule has 1 amide bonds. The minimum absolute atomic E-state index is 0.144. The van der Waals surface area contributed by atoms with E-state index in [1.165, 1.54) is 0 Å². The zero-order chi connectivity index (χ0) is 15.9. The van der Waals surface area contributed by atoms with Crippen molar-refractivity contribution in [1.82, 2.24) is 5.32 Å². The second kappa shape index (κ2) is 8.03. The Labute approximate surface area is 130 Å². The molecule has 0 heterocycles. The van der Waals surface area contributed by atoms with Gasteiger partial charge in [-0.3, -0.25) is 4.79 Å². The fourth-order valence-electron chi connectivity index (χ4n) is 1.68. The Morgan fingerprint density at radius 1 is 1.29 bits per heavy atom. The molecule has 21 heavy (non-hydrogen) atoms. The molecule has 0 bridgehead atoms. The minimum Gasteiger partial charge on any atom is -0.444 e. The van der Waals surface area contributed by atoms with Gasteiger partial charge in [-0.1, -0.05) is 37.3 Å². The summed E-state index contributed by atoms with van der Waals surface area (Å²) in [5.41, 5.74) is 0.391. The van der Waals surface area contributed by atoms with Gasteiger partial charge in [0.25, 0.3) is 0 Å². The van der Waals surface area contributed by atoms with Gasteiger partial charge < -0.3 is 10.1 Å². The fourth-order valence-corrected chi connectivity index (χ4v) is 1.87. The van der Waals surface area contributed by atoms with Crippen LogP contribution in [0.2, 0.25) is 0 Å². The van der Waals surface area contributed by atoms with Crippen molar-refractivity contribution in [3.63, 3.8) is 0 Å². The lowest BCUT2D eigenvalue weighted by atomic mass is 10.0. The molecule has 0 aliphatic carbocycles. The molecular formula is C16H22ClNO3. The highest BCUT2D eigenvalue weighted by molar-refractivity contribution is 6.28. The molecule has 0 aromatic heterocycles. The third-order valence-electron chi connectivity index (χ3n) is 3.32. The summed E-state index contributed by atoms with van der Waals surface area (Å²) < 4.78 is 5.30. The summed E-state index contributed by atoms with van der Waals surface area (Å²) in [6.45, 7) is 5.57.